The number of aromatic carboxylic acids is 1. The SMILES string of the molecule is Cc1c(NC(=O)N2CCC[C@@H]2c2nnc(C)n2Cc2ccc(Cl)cc2)cccc1C(=O)O. The Balaban J connectivity index is 1.57. The van der Waals surface area contributed by atoms with Gasteiger partial charge in [0.1, 0.15) is 5.82 Å². The van der Waals surface area contributed by atoms with Crippen LogP contribution in [0.15, 0.2) is 42.5 Å². The zero-order valence-corrected chi connectivity index (χ0v) is 18.6. The third-order valence-electron chi connectivity index (χ3n) is 5.84. The molecule has 0 unspecified atom stereocenters. The van der Waals surface area contributed by atoms with Crippen LogP contribution in [0, 0.1) is 13.8 Å². The standard InChI is InChI=1S/C23H24ClN5O3/c1-14-18(22(30)31)5-3-6-19(14)25-23(32)28-12-4-7-20(28)21-27-26-15(2)29(21)13-16-8-10-17(24)11-9-16/h3,5-6,8-11,20H,4,7,12-13H2,1-2H3,(H,25,32)(H,30,31)/t20-/m1/s1. The number of carboxylic acid groups (broad SMARTS) is 1. The van der Waals surface area contributed by atoms with Crippen LogP contribution in [0.1, 0.15) is 52.0 Å². The monoisotopic (exact) mass is 453 g/mol. The number of benzene rings is 2. The van der Waals surface area contributed by atoms with Crippen molar-refractivity contribution in [3.05, 3.63) is 75.8 Å². The number of halogens is 1. The summed E-state index contributed by atoms with van der Waals surface area (Å²) in [5, 5.41) is 21.6. The van der Waals surface area contributed by atoms with Gasteiger partial charge in [0.05, 0.1) is 18.2 Å². The van der Waals surface area contributed by atoms with Crippen molar-refractivity contribution in [1.82, 2.24) is 19.7 Å². The van der Waals surface area contributed by atoms with Crippen LogP contribution in [-0.4, -0.2) is 43.3 Å². The van der Waals surface area contributed by atoms with Crippen LogP contribution in [0.2, 0.25) is 5.02 Å². The highest BCUT2D eigenvalue weighted by Crippen LogP contribution is 2.32. The molecule has 1 aromatic heterocycles. The molecule has 1 aliphatic heterocycles. The number of carbonyl (C=O) groups is 2. The fourth-order valence-corrected chi connectivity index (χ4v) is 4.21. The van der Waals surface area contributed by atoms with E-state index in [2.05, 4.69) is 15.5 Å². The van der Waals surface area contributed by atoms with E-state index in [1.54, 1.807) is 24.0 Å². The van der Waals surface area contributed by atoms with E-state index in [9.17, 15) is 14.7 Å². The molecule has 2 amide bonds. The lowest BCUT2D eigenvalue weighted by Crippen LogP contribution is -2.36. The molecule has 0 spiro atoms. The normalized spacial score (nSPS) is 15.7. The molecule has 1 saturated heterocycles. The number of anilines is 1. The van der Waals surface area contributed by atoms with E-state index in [1.807, 2.05) is 35.8 Å². The van der Waals surface area contributed by atoms with E-state index in [-0.39, 0.29) is 17.6 Å². The minimum atomic E-state index is -1.02. The second-order valence-corrected chi connectivity index (χ2v) is 8.32. The molecule has 32 heavy (non-hydrogen) atoms. The topological polar surface area (TPSA) is 100 Å². The Morgan fingerprint density at radius 1 is 1.16 bits per heavy atom. The molecule has 9 heteroatoms. The first kappa shape index (κ1) is 21.8. The number of aryl methyl sites for hydroxylation is 1. The Hall–Kier alpha value is -3.39. The first-order valence-corrected chi connectivity index (χ1v) is 10.8. The number of amides is 2. The minimum Gasteiger partial charge on any atom is -0.478 e. The molecule has 1 aliphatic rings. The number of carboxylic acids is 1. The smallest absolute Gasteiger partial charge is 0.336 e. The molecule has 0 bridgehead atoms. The second-order valence-electron chi connectivity index (χ2n) is 7.88. The summed E-state index contributed by atoms with van der Waals surface area (Å²) in [5.41, 5.74) is 2.23. The van der Waals surface area contributed by atoms with Gasteiger partial charge in [-0.25, -0.2) is 9.59 Å². The number of urea groups is 1. The molecule has 166 valence electrons. The lowest BCUT2D eigenvalue weighted by molar-refractivity contribution is 0.0696. The first-order valence-electron chi connectivity index (χ1n) is 10.4. The van der Waals surface area contributed by atoms with Gasteiger partial charge in [0.25, 0.3) is 0 Å². The summed E-state index contributed by atoms with van der Waals surface area (Å²) in [7, 11) is 0. The third-order valence-corrected chi connectivity index (χ3v) is 6.09. The Morgan fingerprint density at radius 3 is 2.62 bits per heavy atom. The predicted molar refractivity (Wildman–Crippen MR) is 121 cm³/mol. The number of nitrogens with one attached hydrogen (secondary N) is 1. The van der Waals surface area contributed by atoms with Crippen molar-refractivity contribution < 1.29 is 14.7 Å². The summed E-state index contributed by atoms with van der Waals surface area (Å²) in [6.07, 6.45) is 1.62. The molecule has 3 aromatic rings. The van der Waals surface area contributed by atoms with Crippen LogP contribution in [0.5, 0.6) is 0 Å². The van der Waals surface area contributed by atoms with Crippen molar-refractivity contribution in [3.8, 4) is 0 Å². The highest BCUT2D eigenvalue weighted by atomic mass is 35.5. The summed E-state index contributed by atoms with van der Waals surface area (Å²) in [6, 6.07) is 12.0. The predicted octanol–water partition coefficient (Wildman–Crippen LogP) is 4.66. The van der Waals surface area contributed by atoms with Crippen LogP contribution < -0.4 is 5.32 Å². The molecule has 1 atom stereocenters. The maximum Gasteiger partial charge on any atom is 0.336 e. The van der Waals surface area contributed by atoms with Crippen LogP contribution >= 0.6 is 11.6 Å². The van der Waals surface area contributed by atoms with Crippen LogP contribution in [0.3, 0.4) is 0 Å². The number of hydrogen-bond acceptors (Lipinski definition) is 4. The average Bonchev–Trinajstić information content (AvgIpc) is 3.38. The maximum absolute atomic E-state index is 13.1. The average molecular weight is 454 g/mol. The Morgan fingerprint density at radius 2 is 1.91 bits per heavy atom. The summed E-state index contributed by atoms with van der Waals surface area (Å²) in [4.78, 5) is 26.3. The molecule has 4 rings (SSSR count). The summed E-state index contributed by atoms with van der Waals surface area (Å²) < 4.78 is 2.02. The Kier molecular flexibility index (Phi) is 6.14. The van der Waals surface area contributed by atoms with E-state index < -0.39 is 5.97 Å². The van der Waals surface area contributed by atoms with Gasteiger partial charge in [0, 0.05) is 17.3 Å². The Bertz CT molecular complexity index is 1160. The highest BCUT2D eigenvalue weighted by Gasteiger charge is 2.34. The van der Waals surface area contributed by atoms with E-state index in [0.29, 0.717) is 29.4 Å². The lowest BCUT2D eigenvalue weighted by atomic mass is 10.1. The number of likely N-dealkylation sites (tertiary alicyclic amines) is 1. The number of carbonyl (C=O) groups excluding carboxylic acids is 1. The van der Waals surface area contributed by atoms with Crippen molar-refractivity contribution in [1.29, 1.82) is 0 Å². The van der Waals surface area contributed by atoms with Crippen molar-refractivity contribution in [2.24, 2.45) is 0 Å². The van der Waals surface area contributed by atoms with E-state index in [0.717, 1.165) is 30.1 Å². The molecule has 2 N–H and O–H groups in total. The van der Waals surface area contributed by atoms with Gasteiger partial charge in [-0.15, -0.1) is 10.2 Å². The fraction of sp³-hybridized carbons (Fsp3) is 0.304. The zero-order valence-electron chi connectivity index (χ0n) is 17.9. The van der Waals surface area contributed by atoms with Gasteiger partial charge in [-0.3, -0.25) is 0 Å². The molecule has 2 aromatic carbocycles. The minimum absolute atomic E-state index is 0.166. The summed E-state index contributed by atoms with van der Waals surface area (Å²) in [5.74, 6) is 0.483. The quantitative estimate of drug-likeness (QED) is 0.585. The van der Waals surface area contributed by atoms with Gasteiger partial charge < -0.3 is 19.9 Å². The Labute approximate surface area is 190 Å². The van der Waals surface area contributed by atoms with Crippen molar-refractivity contribution >= 4 is 29.3 Å². The van der Waals surface area contributed by atoms with Crippen LogP contribution in [-0.2, 0) is 6.54 Å². The maximum atomic E-state index is 13.1. The molecular formula is C23H24ClN5O3. The molecule has 0 saturated carbocycles. The van der Waals surface area contributed by atoms with Crippen molar-refractivity contribution in [2.75, 3.05) is 11.9 Å². The fourth-order valence-electron chi connectivity index (χ4n) is 4.08. The molecule has 0 aliphatic carbocycles. The molecule has 8 nitrogen and oxygen atoms in total. The number of aromatic nitrogens is 3. The third kappa shape index (κ3) is 4.31. The second kappa shape index (κ2) is 9.00. The van der Waals surface area contributed by atoms with Crippen LogP contribution in [0.25, 0.3) is 0 Å². The van der Waals surface area contributed by atoms with Crippen molar-refractivity contribution in [2.45, 2.75) is 39.3 Å². The van der Waals surface area contributed by atoms with Gasteiger partial charge in [-0.1, -0.05) is 29.8 Å². The lowest BCUT2D eigenvalue weighted by Gasteiger charge is -2.25. The summed E-state index contributed by atoms with van der Waals surface area (Å²) in [6.45, 7) is 4.75. The number of rotatable bonds is 5. The first-order chi connectivity index (χ1) is 15.3. The van der Waals surface area contributed by atoms with Gasteiger partial charge >= 0.3 is 12.0 Å². The highest BCUT2D eigenvalue weighted by molar-refractivity contribution is 6.30. The van der Waals surface area contributed by atoms with Gasteiger partial charge in [0.2, 0.25) is 0 Å². The summed E-state index contributed by atoms with van der Waals surface area (Å²) >= 11 is 6.00. The number of hydrogen-bond donors (Lipinski definition) is 2. The molecule has 2 heterocycles. The molecule has 0 radical (unpaired) electrons. The van der Waals surface area contributed by atoms with E-state index in [4.69, 9.17) is 11.6 Å². The molecule has 1 fully saturated rings. The van der Waals surface area contributed by atoms with Gasteiger partial charge in [-0.05, 0) is 62.1 Å². The molecular weight excluding hydrogens is 430 g/mol. The van der Waals surface area contributed by atoms with Crippen molar-refractivity contribution in [3.63, 3.8) is 0 Å². The number of nitrogens with zero attached hydrogens (tertiary/aromatic N) is 4. The largest absolute Gasteiger partial charge is 0.478 e. The zero-order chi connectivity index (χ0) is 22.8. The van der Waals surface area contributed by atoms with E-state index in [1.165, 1.54) is 6.07 Å². The van der Waals surface area contributed by atoms with Gasteiger partial charge in [-0.2, -0.15) is 0 Å². The van der Waals surface area contributed by atoms with Gasteiger partial charge in [0.15, 0.2) is 5.82 Å². The van der Waals surface area contributed by atoms with Crippen LogP contribution in [0.4, 0.5) is 10.5 Å². The van der Waals surface area contributed by atoms with E-state index >= 15 is 0 Å².